The molecule has 0 aliphatic carbocycles. The highest BCUT2D eigenvalue weighted by Crippen LogP contribution is 2.18. The predicted molar refractivity (Wildman–Crippen MR) is 95.4 cm³/mol. The topological polar surface area (TPSA) is 50.2 Å². The monoisotopic (exact) mass is 366 g/mol. The maximum absolute atomic E-state index is 12.4. The Bertz CT molecular complexity index is 694. The first-order valence-electron chi connectivity index (χ1n) is 7.98. The number of aryl methyl sites for hydroxylation is 1. The van der Waals surface area contributed by atoms with E-state index in [9.17, 15) is 4.79 Å². The molecule has 1 fully saturated rings. The van der Waals surface area contributed by atoms with E-state index in [1.165, 1.54) is 16.4 Å². The third-order valence-corrected chi connectivity index (χ3v) is 4.80. The van der Waals surface area contributed by atoms with Crippen molar-refractivity contribution in [2.75, 3.05) is 13.1 Å². The largest absolute Gasteiger partial charge is 0.347 e. The van der Waals surface area contributed by atoms with Gasteiger partial charge in [-0.2, -0.15) is 5.10 Å². The molecule has 0 bridgehead atoms. The number of piperidine rings is 1. The minimum Gasteiger partial charge on any atom is -0.347 e. The average molecular weight is 367 g/mol. The Morgan fingerprint density at radius 3 is 2.75 bits per heavy atom. The van der Waals surface area contributed by atoms with Gasteiger partial charge in [-0.25, -0.2) is 0 Å². The molecular formula is C17H20Cl2N4O. The molecule has 0 radical (unpaired) electrons. The lowest BCUT2D eigenvalue weighted by Gasteiger charge is -2.33. The van der Waals surface area contributed by atoms with E-state index in [2.05, 4.69) is 15.3 Å². The Hall–Kier alpha value is -1.56. The van der Waals surface area contributed by atoms with E-state index in [1.54, 1.807) is 7.05 Å². The van der Waals surface area contributed by atoms with Gasteiger partial charge in [-0.15, -0.1) is 0 Å². The maximum Gasteiger partial charge on any atom is 0.271 e. The first-order chi connectivity index (χ1) is 11.5. The molecule has 7 heteroatoms. The lowest BCUT2D eigenvalue weighted by atomic mass is 10.0. The number of hydrogen-bond donors (Lipinski definition) is 1. The molecule has 1 aliphatic heterocycles. The van der Waals surface area contributed by atoms with E-state index in [1.807, 2.05) is 24.3 Å². The first-order valence-corrected chi connectivity index (χ1v) is 8.73. The van der Waals surface area contributed by atoms with Gasteiger partial charge in [0.25, 0.3) is 5.91 Å². The van der Waals surface area contributed by atoms with Crippen molar-refractivity contribution in [2.24, 2.45) is 7.05 Å². The number of halogens is 2. The highest BCUT2D eigenvalue weighted by atomic mass is 35.5. The molecule has 1 unspecified atom stereocenters. The Morgan fingerprint density at radius 1 is 1.33 bits per heavy atom. The summed E-state index contributed by atoms with van der Waals surface area (Å²) in [7, 11) is 1.72. The summed E-state index contributed by atoms with van der Waals surface area (Å²) in [4.78, 5) is 14.8. The summed E-state index contributed by atoms with van der Waals surface area (Å²) >= 11 is 12.0. The summed E-state index contributed by atoms with van der Waals surface area (Å²) in [5.74, 6) is -0.168. The molecule has 2 aromatic rings. The van der Waals surface area contributed by atoms with Gasteiger partial charge in [0.2, 0.25) is 0 Å². The van der Waals surface area contributed by atoms with Gasteiger partial charge in [-0.05, 0) is 37.1 Å². The smallest absolute Gasteiger partial charge is 0.271 e. The zero-order valence-corrected chi connectivity index (χ0v) is 15.0. The Morgan fingerprint density at radius 2 is 2.08 bits per heavy atom. The van der Waals surface area contributed by atoms with E-state index in [-0.39, 0.29) is 11.9 Å². The van der Waals surface area contributed by atoms with Crippen LogP contribution in [0, 0.1) is 0 Å². The van der Waals surface area contributed by atoms with Crippen molar-refractivity contribution in [3.05, 3.63) is 51.8 Å². The Balaban J connectivity index is 1.59. The fraction of sp³-hybridized carbons (Fsp3) is 0.412. The van der Waals surface area contributed by atoms with Gasteiger partial charge in [-0.3, -0.25) is 14.4 Å². The van der Waals surface area contributed by atoms with Crippen molar-refractivity contribution in [1.82, 2.24) is 20.0 Å². The second-order valence-electron chi connectivity index (χ2n) is 6.14. The summed E-state index contributed by atoms with van der Waals surface area (Å²) in [5, 5.41) is 8.22. The van der Waals surface area contributed by atoms with Gasteiger partial charge in [0.15, 0.2) is 0 Å². The van der Waals surface area contributed by atoms with Crippen molar-refractivity contribution in [3.63, 3.8) is 0 Å². The molecule has 24 heavy (non-hydrogen) atoms. The highest BCUT2D eigenvalue weighted by molar-refractivity contribution is 6.33. The molecule has 1 saturated heterocycles. The summed E-state index contributed by atoms with van der Waals surface area (Å²) in [6, 6.07) is 8.01. The molecule has 0 spiro atoms. The van der Waals surface area contributed by atoms with Crippen molar-refractivity contribution in [2.45, 2.75) is 25.4 Å². The van der Waals surface area contributed by atoms with E-state index < -0.39 is 0 Å². The van der Waals surface area contributed by atoms with Crippen LogP contribution in [0.4, 0.5) is 0 Å². The molecule has 1 aromatic heterocycles. The van der Waals surface area contributed by atoms with Crippen LogP contribution in [0.5, 0.6) is 0 Å². The van der Waals surface area contributed by atoms with Crippen molar-refractivity contribution in [3.8, 4) is 0 Å². The van der Waals surface area contributed by atoms with E-state index >= 15 is 0 Å². The average Bonchev–Trinajstić information content (AvgIpc) is 2.89. The van der Waals surface area contributed by atoms with Crippen molar-refractivity contribution >= 4 is 29.1 Å². The highest BCUT2D eigenvalue weighted by Gasteiger charge is 2.24. The lowest BCUT2D eigenvalue weighted by Crippen LogP contribution is -2.47. The van der Waals surface area contributed by atoms with Crippen molar-refractivity contribution < 1.29 is 4.79 Å². The van der Waals surface area contributed by atoms with Crippen LogP contribution in [-0.4, -0.2) is 39.7 Å². The Kier molecular flexibility index (Phi) is 5.43. The summed E-state index contributed by atoms with van der Waals surface area (Å²) in [5.41, 5.74) is 1.63. The predicted octanol–water partition coefficient (Wildman–Crippen LogP) is 3.12. The molecule has 0 saturated carbocycles. The molecule has 1 aliphatic rings. The summed E-state index contributed by atoms with van der Waals surface area (Å²) in [6.07, 6.45) is 3.51. The van der Waals surface area contributed by atoms with Crippen LogP contribution in [-0.2, 0) is 13.6 Å². The van der Waals surface area contributed by atoms with Gasteiger partial charge in [0.05, 0.1) is 11.2 Å². The van der Waals surface area contributed by atoms with E-state index in [4.69, 9.17) is 23.2 Å². The number of carbonyl (C=O) groups is 1. The van der Waals surface area contributed by atoms with Gasteiger partial charge in [0.1, 0.15) is 5.69 Å². The van der Waals surface area contributed by atoms with Gasteiger partial charge in [0, 0.05) is 31.2 Å². The Labute approximate surface area is 151 Å². The van der Waals surface area contributed by atoms with Gasteiger partial charge >= 0.3 is 0 Å². The van der Waals surface area contributed by atoms with Gasteiger partial charge < -0.3 is 5.32 Å². The number of rotatable bonds is 4. The standard InChI is InChI=1S/C17H20Cl2N4O/c1-22-16(15(19)9-20-22)17(24)21-14-3-2-8-23(11-14)10-12-4-6-13(18)7-5-12/h4-7,9,14H,2-3,8,10-11H2,1H3,(H,21,24). The number of benzene rings is 1. The second kappa shape index (κ2) is 7.55. The number of likely N-dealkylation sites (tertiary alicyclic amines) is 1. The molecule has 1 atom stereocenters. The summed E-state index contributed by atoms with van der Waals surface area (Å²) in [6.45, 7) is 2.71. The molecule has 1 N–H and O–H groups in total. The fourth-order valence-electron chi connectivity index (χ4n) is 3.08. The zero-order chi connectivity index (χ0) is 17.1. The maximum atomic E-state index is 12.4. The first kappa shape index (κ1) is 17.3. The van der Waals surface area contributed by atoms with Crippen LogP contribution < -0.4 is 5.32 Å². The SMILES string of the molecule is Cn1ncc(Cl)c1C(=O)NC1CCCN(Cc2ccc(Cl)cc2)C1. The normalized spacial score (nSPS) is 18.5. The molecule has 3 rings (SSSR count). The number of nitrogens with zero attached hydrogens (tertiary/aromatic N) is 3. The lowest BCUT2D eigenvalue weighted by molar-refractivity contribution is 0.0891. The van der Waals surface area contributed by atoms with E-state index in [0.29, 0.717) is 10.7 Å². The minimum atomic E-state index is -0.168. The number of hydrogen-bond acceptors (Lipinski definition) is 3. The van der Waals surface area contributed by atoms with E-state index in [0.717, 1.165) is 37.5 Å². The molecule has 5 nitrogen and oxygen atoms in total. The molecule has 1 aromatic carbocycles. The number of amides is 1. The molecule has 128 valence electrons. The minimum absolute atomic E-state index is 0.115. The number of nitrogens with one attached hydrogen (secondary N) is 1. The number of aromatic nitrogens is 2. The van der Waals surface area contributed by atoms with Crippen LogP contribution in [0.2, 0.25) is 10.0 Å². The van der Waals surface area contributed by atoms with Gasteiger partial charge in [-0.1, -0.05) is 35.3 Å². The quantitative estimate of drug-likeness (QED) is 0.904. The molecule has 1 amide bonds. The molecule has 2 heterocycles. The number of carbonyl (C=O) groups excluding carboxylic acids is 1. The molecular weight excluding hydrogens is 347 g/mol. The fourth-order valence-corrected chi connectivity index (χ4v) is 3.46. The van der Waals surface area contributed by atoms with Crippen molar-refractivity contribution in [1.29, 1.82) is 0 Å². The van der Waals surface area contributed by atoms with Crippen LogP contribution in [0.15, 0.2) is 30.5 Å². The third kappa shape index (κ3) is 4.09. The second-order valence-corrected chi connectivity index (χ2v) is 6.98. The van der Waals surface area contributed by atoms with Crippen LogP contribution in [0.25, 0.3) is 0 Å². The van der Waals surface area contributed by atoms with Crippen LogP contribution in [0.3, 0.4) is 0 Å². The zero-order valence-electron chi connectivity index (χ0n) is 13.5. The summed E-state index contributed by atoms with van der Waals surface area (Å²) < 4.78 is 1.51. The van der Waals surface area contributed by atoms with Crippen LogP contribution in [0.1, 0.15) is 28.9 Å². The van der Waals surface area contributed by atoms with Crippen LogP contribution >= 0.6 is 23.2 Å². The third-order valence-electron chi connectivity index (χ3n) is 4.27.